The molecule has 0 bridgehead atoms. The maximum Gasteiger partial charge on any atom is 0.191 e. The molecule has 0 aliphatic carbocycles. The SMILES string of the molecule is CN=C(NCCc1cccc(OC)c1)NCc1ccc(Cl)cc1.I. The van der Waals surface area contributed by atoms with Gasteiger partial charge in [-0.25, -0.2) is 0 Å². The van der Waals surface area contributed by atoms with Gasteiger partial charge >= 0.3 is 0 Å². The van der Waals surface area contributed by atoms with Gasteiger partial charge in [-0.1, -0.05) is 35.9 Å². The number of hydrogen-bond donors (Lipinski definition) is 2. The van der Waals surface area contributed by atoms with E-state index in [1.807, 2.05) is 42.5 Å². The summed E-state index contributed by atoms with van der Waals surface area (Å²) in [5, 5.41) is 7.34. The van der Waals surface area contributed by atoms with E-state index in [4.69, 9.17) is 16.3 Å². The number of nitrogens with zero attached hydrogens (tertiary/aromatic N) is 1. The van der Waals surface area contributed by atoms with E-state index in [9.17, 15) is 0 Å². The molecule has 0 radical (unpaired) electrons. The van der Waals surface area contributed by atoms with E-state index in [0.717, 1.165) is 35.3 Å². The number of benzene rings is 2. The highest BCUT2D eigenvalue weighted by atomic mass is 127. The maximum atomic E-state index is 5.88. The molecular weight excluding hydrogens is 437 g/mol. The predicted molar refractivity (Wildman–Crippen MR) is 112 cm³/mol. The Bertz CT molecular complexity index is 647. The summed E-state index contributed by atoms with van der Waals surface area (Å²) in [6.45, 7) is 1.50. The Hall–Kier alpha value is -1.47. The molecule has 0 heterocycles. The van der Waals surface area contributed by atoms with Crippen LogP contribution in [0.3, 0.4) is 0 Å². The van der Waals surface area contributed by atoms with Gasteiger partial charge in [0.25, 0.3) is 0 Å². The summed E-state index contributed by atoms with van der Waals surface area (Å²) in [5.41, 5.74) is 2.38. The van der Waals surface area contributed by atoms with Crippen molar-refractivity contribution in [3.05, 3.63) is 64.7 Å². The second kappa shape index (κ2) is 11.1. The van der Waals surface area contributed by atoms with Crippen molar-refractivity contribution >= 4 is 41.5 Å². The summed E-state index contributed by atoms with van der Waals surface area (Å²) in [6.07, 6.45) is 0.902. The van der Waals surface area contributed by atoms with Gasteiger partial charge < -0.3 is 15.4 Å². The molecule has 0 saturated carbocycles. The molecule has 0 amide bonds. The minimum absolute atomic E-state index is 0. The lowest BCUT2D eigenvalue weighted by molar-refractivity contribution is 0.414. The Morgan fingerprint density at radius 1 is 1.08 bits per heavy atom. The molecule has 2 rings (SSSR count). The molecule has 0 aliphatic rings. The lowest BCUT2D eigenvalue weighted by atomic mass is 10.1. The van der Waals surface area contributed by atoms with Crippen molar-refractivity contribution in [2.45, 2.75) is 13.0 Å². The van der Waals surface area contributed by atoms with Crippen LogP contribution in [0, 0.1) is 0 Å². The number of methoxy groups -OCH3 is 1. The lowest BCUT2D eigenvalue weighted by Crippen LogP contribution is -2.37. The molecule has 24 heavy (non-hydrogen) atoms. The van der Waals surface area contributed by atoms with Crippen molar-refractivity contribution < 1.29 is 4.74 Å². The minimum atomic E-state index is 0. The maximum absolute atomic E-state index is 5.88. The van der Waals surface area contributed by atoms with Crippen LogP contribution in [0.4, 0.5) is 0 Å². The standard InChI is InChI=1S/C18H22ClN3O.HI/c1-20-18(22-13-15-6-8-16(19)9-7-15)21-11-10-14-4-3-5-17(12-14)23-2;/h3-9,12H,10-11,13H2,1-2H3,(H2,20,21,22);1H. The van der Waals surface area contributed by atoms with E-state index < -0.39 is 0 Å². The fourth-order valence-electron chi connectivity index (χ4n) is 2.16. The Kier molecular flexibility index (Phi) is 9.56. The molecule has 2 aromatic rings. The van der Waals surface area contributed by atoms with Crippen LogP contribution in [0.1, 0.15) is 11.1 Å². The summed E-state index contributed by atoms with van der Waals surface area (Å²) < 4.78 is 5.23. The average Bonchev–Trinajstić information content (AvgIpc) is 2.59. The van der Waals surface area contributed by atoms with Crippen LogP contribution in [-0.4, -0.2) is 26.7 Å². The van der Waals surface area contributed by atoms with Crippen LogP contribution < -0.4 is 15.4 Å². The zero-order valence-corrected chi connectivity index (χ0v) is 17.0. The van der Waals surface area contributed by atoms with Crippen molar-refractivity contribution in [2.75, 3.05) is 20.7 Å². The number of nitrogens with one attached hydrogen (secondary N) is 2. The zero-order valence-electron chi connectivity index (χ0n) is 13.9. The van der Waals surface area contributed by atoms with Crippen molar-refractivity contribution in [1.82, 2.24) is 10.6 Å². The number of guanidine groups is 1. The van der Waals surface area contributed by atoms with Gasteiger partial charge in [0.1, 0.15) is 5.75 Å². The monoisotopic (exact) mass is 459 g/mol. The highest BCUT2D eigenvalue weighted by Crippen LogP contribution is 2.12. The van der Waals surface area contributed by atoms with E-state index in [2.05, 4.69) is 21.7 Å². The van der Waals surface area contributed by atoms with E-state index in [0.29, 0.717) is 6.54 Å². The first-order valence-corrected chi connectivity index (χ1v) is 7.91. The molecule has 2 N–H and O–H groups in total. The summed E-state index contributed by atoms with van der Waals surface area (Å²) >= 11 is 5.88. The largest absolute Gasteiger partial charge is 0.497 e. The van der Waals surface area contributed by atoms with Crippen LogP contribution in [0.5, 0.6) is 5.75 Å². The third-order valence-electron chi connectivity index (χ3n) is 3.44. The van der Waals surface area contributed by atoms with Crippen LogP contribution in [0.25, 0.3) is 0 Å². The van der Waals surface area contributed by atoms with Crippen molar-refractivity contribution in [1.29, 1.82) is 0 Å². The fraction of sp³-hybridized carbons (Fsp3) is 0.278. The van der Waals surface area contributed by atoms with Crippen molar-refractivity contribution in [3.8, 4) is 5.75 Å². The van der Waals surface area contributed by atoms with Gasteiger partial charge in [0.05, 0.1) is 7.11 Å². The van der Waals surface area contributed by atoms with Gasteiger partial charge in [-0.15, -0.1) is 24.0 Å². The molecular formula is C18H23ClIN3O. The topological polar surface area (TPSA) is 45.7 Å². The fourth-order valence-corrected chi connectivity index (χ4v) is 2.29. The summed E-state index contributed by atoms with van der Waals surface area (Å²) in [7, 11) is 3.45. The first-order valence-electron chi connectivity index (χ1n) is 7.53. The third-order valence-corrected chi connectivity index (χ3v) is 3.69. The van der Waals surface area contributed by atoms with Crippen molar-refractivity contribution in [3.63, 3.8) is 0 Å². The highest BCUT2D eigenvalue weighted by molar-refractivity contribution is 14.0. The van der Waals surface area contributed by atoms with Gasteiger partial charge in [0.2, 0.25) is 0 Å². The van der Waals surface area contributed by atoms with Crippen LogP contribution >= 0.6 is 35.6 Å². The molecule has 2 aromatic carbocycles. The third kappa shape index (κ3) is 6.97. The quantitative estimate of drug-likeness (QED) is 0.392. The number of ether oxygens (including phenoxy) is 1. The normalized spacial score (nSPS) is 10.7. The molecule has 4 nitrogen and oxygen atoms in total. The molecule has 0 aliphatic heterocycles. The summed E-state index contributed by atoms with van der Waals surface area (Å²) in [4.78, 5) is 4.23. The van der Waals surface area contributed by atoms with E-state index in [1.165, 1.54) is 5.56 Å². The molecule has 0 unspecified atom stereocenters. The molecule has 130 valence electrons. The second-order valence-electron chi connectivity index (χ2n) is 5.08. The first-order chi connectivity index (χ1) is 11.2. The molecule has 0 aromatic heterocycles. The number of halogens is 2. The molecule has 0 saturated heterocycles. The summed E-state index contributed by atoms with van der Waals surface area (Å²) in [6, 6.07) is 15.9. The van der Waals surface area contributed by atoms with Crippen molar-refractivity contribution in [2.24, 2.45) is 4.99 Å². The number of hydrogen-bond acceptors (Lipinski definition) is 2. The van der Waals surface area contributed by atoms with E-state index in [-0.39, 0.29) is 24.0 Å². The average molecular weight is 460 g/mol. The smallest absolute Gasteiger partial charge is 0.191 e. The van der Waals surface area contributed by atoms with Crippen LogP contribution in [-0.2, 0) is 13.0 Å². The van der Waals surface area contributed by atoms with Gasteiger partial charge in [-0.3, -0.25) is 4.99 Å². The lowest BCUT2D eigenvalue weighted by Gasteiger charge is -2.12. The zero-order chi connectivity index (χ0) is 16.5. The van der Waals surface area contributed by atoms with E-state index >= 15 is 0 Å². The van der Waals surface area contributed by atoms with E-state index in [1.54, 1.807) is 14.2 Å². The van der Waals surface area contributed by atoms with Crippen LogP contribution in [0.15, 0.2) is 53.5 Å². The van der Waals surface area contributed by atoms with Gasteiger partial charge in [-0.2, -0.15) is 0 Å². The Morgan fingerprint density at radius 2 is 1.83 bits per heavy atom. The summed E-state index contributed by atoms with van der Waals surface area (Å²) in [5.74, 6) is 1.66. The molecule has 0 spiro atoms. The van der Waals surface area contributed by atoms with Gasteiger partial charge in [0.15, 0.2) is 5.96 Å². The van der Waals surface area contributed by atoms with Gasteiger partial charge in [0, 0.05) is 25.2 Å². The molecule has 0 fully saturated rings. The Morgan fingerprint density at radius 3 is 2.50 bits per heavy atom. The Balaban J connectivity index is 0.00000288. The highest BCUT2D eigenvalue weighted by Gasteiger charge is 2.00. The molecule has 0 atom stereocenters. The molecule has 6 heteroatoms. The second-order valence-corrected chi connectivity index (χ2v) is 5.52. The minimum Gasteiger partial charge on any atom is -0.497 e. The van der Waals surface area contributed by atoms with Crippen LogP contribution in [0.2, 0.25) is 5.02 Å². The number of aliphatic imine (C=N–C) groups is 1. The Labute approximate surface area is 165 Å². The van der Waals surface area contributed by atoms with Gasteiger partial charge in [-0.05, 0) is 41.8 Å². The first kappa shape index (κ1) is 20.6. The number of rotatable bonds is 6. The predicted octanol–water partition coefficient (Wildman–Crippen LogP) is 3.87.